The molecule has 8 nitrogen and oxygen atoms in total. The second-order valence-electron chi connectivity index (χ2n) is 9.97. The van der Waals surface area contributed by atoms with Crippen LogP contribution >= 0.6 is 39.3 Å². The van der Waals surface area contributed by atoms with Gasteiger partial charge in [-0.2, -0.15) is 4.98 Å². The molecule has 41 heavy (non-hydrogen) atoms. The van der Waals surface area contributed by atoms with Gasteiger partial charge in [0.25, 0.3) is 0 Å². The number of nitrogens with zero attached hydrogens (tertiary/aromatic N) is 3. The Morgan fingerprint density at radius 3 is 2.63 bits per heavy atom. The average molecular weight is 662 g/mol. The first-order valence-electron chi connectivity index (χ1n) is 14.0. The lowest BCUT2D eigenvalue weighted by Crippen LogP contribution is -2.32. The zero-order chi connectivity index (χ0) is 28.9. The minimum Gasteiger partial charge on any atom is -0.490 e. The molecule has 1 aliphatic carbocycles. The number of benzene rings is 2. The first-order chi connectivity index (χ1) is 19.9. The predicted octanol–water partition coefficient (Wildman–Crippen LogP) is 7.95. The van der Waals surface area contributed by atoms with Crippen LogP contribution in [-0.4, -0.2) is 40.1 Å². The normalized spacial score (nSPS) is 17.1. The van der Waals surface area contributed by atoms with E-state index in [1.165, 1.54) is 18.2 Å². The fraction of sp³-hybridized carbons (Fsp3) is 0.433. The van der Waals surface area contributed by atoms with Gasteiger partial charge < -0.3 is 19.5 Å². The molecule has 5 rings (SSSR count). The van der Waals surface area contributed by atoms with Crippen LogP contribution in [0.2, 0.25) is 5.02 Å². The van der Waals surface area contributed by atoms with Gasteiger partial charge in [-0.05, 0) is 91.7 Å². The van der Waals surface area contributed by atoms with Crippen LogP contribution in [-0.2, 0) is 15.3 Å². The summed E-state index contributed by atoms with van der Waals surface area (Å²) in [5.74, 6) is 2.02. The summed E-state index contributed by atoms with van der Waals surface area (Å²) in [5.41, 5.74) is 2.98. The molecule has 1 fully saturated rings. The summed E-state index contributed by atoms with van der Waals surface area (Å²) in [4.78, 5) is 18.6. The SMILES string of the molecule is CCOc1cc(C2C(C(=O)OC3CCCCC3)=C(C)Nc3nc(SCc4ccccc4Cl)nn32)cc(Br)c1OCC. The number of carbonyl (C=O) groups is 1. The third-order valence-electron chi connectivity index (χ3n) is 7.13. The average Bonchev–Trinajstić information content (AvgIpc) is 3.36. The number of hydrogen-bond acceptors (Lipinski definition) is 8. The third kappa shape index (κ3) is 6.70. The summed E-state index contributed by atoms with van der Waals surface area (Å²) in [7, 11) is 0. The Kier molecular flexibility index (Phi) is 9.83. The molecule has 1 atom stereocenters. The molecule has 0 radical (unpaired) electrons. The van der Waals surface area contributed by atoms with Crippen LogP contribution in [0.4, 0.5) is 5.95 Å². The maximum atomic E-state index is 13.8. The van der Waals surface area contributed by atoms with Crippen molar-refractivity contribution in [3.63, 3.8) is 0 Å². The third-order valence-corrected chi connectivity index (χ3v) is 8.97. The van der Waals surface area contributed by atoms with Crippen molar-refractivity contribution in [2.75, 3.05) is 18.5 Å². The summed E-state index contributed by atoms with van der Waals surface area (Å²) < 4.78 is 20.4. The molecular weight excluding hydrogens is 628 g/mol. The number of ether oxygens (including phenoxy) is 3. The predicted molar refractivity (Wildman–Crippen MR) is 165 cm³/mol. The minimum absolute atomic E-state index is 0.0814. The summed E-state index contributed by atoms with van der Waals surface area (Å²) in [6.07, 6.45) is 5.01. The maximum Gasteiger partial charge on any atom is 0.338 e. The molecular formula is C30H34BrClN4O4S. The lowest BCUT2D eigenvalue weighted by molar-refractivity contribution is -0.146. The molecule has 0 spiro atoms. The number of rotatable bonds is 10. The summed E-state index contributed by atoms with van der Waals surface area (Å²) in [6.45, 7) is 6.69. The van der Waals surface area contributed by atoms with Crippen molar-refractivity contribution in [3.8, 4) is 11.5 Å². The highest BCUT2D eigenvalue weighted by atomic mass is 79.9. The lowest BCUT2D eigenvalue weighted by Gasteiger charge is -2.30. The van der Waals surface area contributed by atoms with Crippen LogP contribution in [0, 0.1) is 0 Å². The fourth-order valence-corrected chi connectivity index (χ4v) is 6.90. The highest BCUT2D eigenvalue weighted by Gasteiger charge is 2.37. The van der Waals surface area contributed by atoms with Crippen molar-refractivity contribution in [2.45, 2.75) is 75.9 Å². The number of allylic oxidation sites excluding steroid dienone is 1. The number of thioether (sulfide) groups is 1. The molecule has 0 amide bonds. The first kappa shape index (κ1) is 29.8. The van der Waals surface area contributed by atoms with Crippen LogP contribution in [0.15, 0.2) is 57.3 Å². The van der Waals surface area contributed by atoms with Gasteiger partial charge in [0.1, 0.15) is 12.1 Å². The van der Waals surface area contributed by atoms with Gasteiger partial charge in [0.2, 0.25) is 11.1 Å². The number of carbonyl (C=O) groups excluding carboxylic acids is 1. The van der Waals surface area contributed by atoms with Gasteiger partial charge in [-0.25, -0.2) is 9.48 Å². The molecule has 1 aliphatic heterocycles. The Hall–Kier alpha value is -2.69. The second-order valence-corrected chi connectivity index (χ2v) is 12.2. The standard InChI is InChI=1S/C30H34BrClN4O4S/c1-4-38-24-16-20(15-22(31)27(24)39-5-2)26-25(28(37)40-21-12-7-6-8-13-21)18(3)33-29-34-30(35-36(26)29)41-17-19-11-9-10-14-23(19)32/h9-11,14-16,21,26H,4-8,12-13,17H2,1-3H3,(H,33,34,35). The van der Waals surface area contributed by atoms with Gasteiger partial charge in [0.15, 0.2) is 11.5 Å². The molecule has 2 aliphatic rings. The van der Waals surface area contributed by atoms with Crippen molar-refractivity contribution < 1.29 is 19.0 Å². The number of fused-ring (bicyclic) bond motifs is 1. The van der Waals surface area contributed by atoms with Crippen LogP contribution in [0.5, 0.6) is 11.5 Å². The quantitative estimate of drug-likeness (QED) is 0.173. The Morgan fingerprint density at radius 2 is 1.90 bits per heavy atom. The van der Waals surface area contributed by atoms with E-state index in [2.05, 4.69) is 21.2 Å². The number of hydrogen-bond donors (Lipinski definition) is 1. The minimum atomic E-state index is -0.587. The van der Waals surface area contributed by atoms with Crippen molar-refractivity contribution >= 4 is 51.2 Å². The summed E-state index contributed by atoms with van der Waals surface area (Å²) in [6, 6.07) is 11.0. The molecule has 1 N–H and O–H groups in total. The van der Waals surface area contributed by atoms with Gasteiger partial charge in [0, 0.05) is 16.5 Å². The van der Waals surface area contributed by atoms with Crippen LogP contribution in [0.1, 0.15) is 70.0 Å². The van der Waals surface area contributed by atoms with Crippen molar-refractivity contribution in [1.82, 2.24) is 14.8 Å². The maximum absolute atomic E-state index is 13.8. The Balaban J connectivity index is 1.54. The van der Waals surface area contributed by atoms with Gasteiger partial charge in [-0.15, -0.1) is 5.10 Å². The molecule has 11 heteroatoms. The van der Waals surface area contributed by atoms with Crippen molar-refractivity contribution in [2.24, 2.45) is 0 Å². The molecule has 218 valence electrons. The van der Waals surface area contributed by atoms with Gasteiger partial charge >= 0.3 is 5.97 Å². The van der Waals surface area contributed by atoms with E-state index in [0.29, 0.717) is 57.9 Å². The lowest BCUT2D eigenvalue weighted by atomic mass is 9.94. The first-order valence-corrected chi connectivity index (χ1v) is 16.2. The highest BCUT2D eigenvalue weighted by Crippen LogP contribution is 2.44. The molecule has 2 heterocycles. The Bertz CT molecular complexity index is 1440. The van der Waals surface area contributed by atoms with E-state index in [1.54, 1.807) is 4.68 Å². The van der Waals surface area contributed by atoms with Gasteiger partial charge in [-0.1, -0.05) is 48.0 Å². The number of nitrogens with one attached hydrogen (secondary N) is 1. The number of halogens is 2. The van der Waals surface area contributed by atoms with Crippen LogP contribution in [0.3, 0.4) is 0 Å². The van der Waals surface area contributed by atoms with Gasteiger partial charge in [-0.3, -0.25) is 0 Å². The summed E-state index contributed by atoms with van der Waals surface area (Å²) in [5, 5.41) is 9.44. The molecule has 0 bridgehead atoms. The van der Waals surface area contributed by atoms with Crippen LogP contribution in [0.25, 0.3) is 0 Å². The van der Waals surface area contributed by atoms with E-state index < -0.39 is 6.04 Å². The molecule has 2 aromatic carbocycles. The van der Waals surface area contributed by atoms with Crippen LogP contribution < -0.4 is 14.8 Å². The molecule has 1 saturated carbocycles. The largest absolute Gasteiger partial charge is 0.490 e. The van der Waals surface area contributed by atoms with E-state index in [1.807, 2.05) is 57.2 Å². The number of aromatic nitrogens is 3. The van der Waals surface area contributed by atoms with Gasteiger partial charge in [0.05, 0.1) is 23.3 Å². The Labute approximate surface area is 258 Å². The second kappa shape index (κ2) is 13.5. The molecule has 0 saturated heterocycles. The fourth-order valence-electron chi connectivity index (χ4n) is 5.21. The molecule has 1 unspecified atom stereocenters. The summed E-state index contributed by atoms with van der Waals surface area (Å²) >= 11 is 11.5. The highest BCUT2D eigenvalue weighted by molar-refractivity contribution is 9.10. The van der Waals surface area contributed by atoms with E-state index >= 15 is 0 Å². The van der Waals surface area contributed by atoms with Crippen molar-refractivity contribution in [1.29, 1.82) is 0 Å². The monoisotopic (exact) mass is 660 g/mol. The van der Waals surface area contributed by atoms with Crippen molar-refractivity contribution in [3.05, 3.63) is 68.3 Å². The number of esters is 1. The van der Waals surface area contributed by atoms with E-state index in [4.69, 9.17) is 35.9 Å². The Morgan fingerprint density at radius 1 is 1.15 bits per heavy atom. The van der Waals surface area contributed by atoms with E-state index in [0.717, 1.165) is 41.3 Å². The topological polar surface area (TPSA) is 87.5 Å². The zero-order valence-corrected chi connectivity index (χ0v) is 26.6. The molecule has 1 aromatic heterocycles. The zero-order valence-electron chi connectivity index (χ0n) is 23.4. The molecule has 3 aromatic rings. The van der Waals surface area contributed by atoms with E-state index in [9.17, 15) is 4.79 Å². The number of anilines is 1. The smallest absolute Gasteiger partial charge is 0.338 e. The van der Waals surface area contributed by atoms with E-state index in [-0.39, 0.29) is 12.1 Å².